The van der Waals surface area contributed by atoms with Gasteiger partial charge in [0.25, 0.3) is 5.69 Å². The molecule has 2 heterocycles. The van der Waals surface area contributed by atoms with E-state index in [1.165, 1.54) is 29.7 Å². The highest BCUT2D eigenvalue weighted by Gasteiger charge is 2.13. The number of nitro groups is 1. The van der Waals surface area contributed by atoms with Crippen LogP contribution in [0.25, 0.3) is 0 Å². The zero-order valence-electron chi connectivity index (χ0n) is 11.9. The third kappa shape index (κ3) is 4.26. The largest absolute Gasteiger partial charge is 0.459 e. The van der Waals surface area contributed by atoms with E-state index >= 15 is 0 Å². The molecule has 2 aromatic heterocycles. The Morgan fingerprint density at radius 1 is 1.50 bits per heavy atom. The number of aromatic nitrogens is 1. The van der Waals surface area contributed by atoms with Crippen LogP contribution in [0.3, 0.4) is 0 Å². The predicted molar refractivity (Wildman–Crippen MR) is 83.2 cm³/mol. The maximum Gasteiger partial charge on any atom is 0.348 e. The van der Waals surface area contributed by atoms with Crippen molar-refractivity contribution in [3.63, 3.8) is 0 Å². The van der Waals surface area contributed by atoms with E-state index in [9.17, 15) is 14.9 Å². The minimum atomic E-state index is -0.503. The number of rotatable bonds is 7. The van der Waals surface area contributed by atoms with Gasteiger partial charge in [-0.05, 0) is 23.9 Å². The van der Waals surface area contributed by atoms with E-state index in [-0.39, 0.29) is 24.3 Å². The van der Waals surface area contributed by atoms with Gasteiger partial charge in [0.2, 0.25) is 0 Å². The fourth-order valence-corrected chi connectivity index (χ4v) is 2.31. The number of anilines is 1. The van der Waals surface area contributed by atoms with Gasteiger partial charge >= 0.3 is 5.97 Å². The number of pyridine rings is 1. The fourth-order valence-electron chi connectivity index (χ4n) is 1.69. The first-order valence-electron chi connectivity index (χ1n) is 6.67. The molecule has 2 rings (SSSR count). The lowest BCUT2D eigenvalue weighted by Gasteiger charge is -2.17. The molecule has 0 bridgehead atoms. The van der Waals surface area contributed by atoms with Crippen molar-refractivity contribution in [2.45, 2.75) is 19.4 Å². The molecule has 0 aliphatic carbocycles. The highest BCUT2D eigenvalue weighted by Crippen LogP contribution is 2.14. The molecule has 116 valence electrons. The monoisotopic (exact) mass is 321 g/mol. The summed E-state index contributed by atoms with van der Waals surface area (Å²) in [6.45, 7) is 2.15. The number of carbonyl (C=O) groups excluding carboxylic acids is 1. The zero-order valence-corrected chi connectivity index (χ0v) is 12.7. The second kappa shape index (κ2) is 7.51. The van der Waals surface area contributed by atoms with Crippen LogP contribution in [-0.4, -0.2) is 28.5 Å². The lowest BCUT2D eigenvalue weighted by molar-refractivity contribution is -0.385. The highest BCUT2D eigenvalue weighted by molar-refractivity contribution is 7.11. The van der Waals surface area contributed by atoms with Gasteiger partial charge in [0, 0.05) is 6.07 Å². The van der Waals surface area contributed by atoms with E-state index in [0.717, 1.165) is 6.42 Å². The molecule has 0 fully saturated rings. The quantitative estimate of drug-likeness (QED) is 0.478. The van der Waals surface area contributed by atoms with Crippen LogP contribution in [0, 0.1) is 10.1 Å². The van der Waals surface area contributed by atoms with Gasteiger partial charge in [-0.2, -0.15) is 0 Å². The molecule has 7 nitrogen and oxygen atoms in total. The van der Waals surface area contributed by atoms with E-state index in [2.05, 4.69) is 10.3 Å². The number of hydrogen-bond donors (Lipinski definition) is 1. The predicted octanol–water partition coefficient (Wildman–Crippen LogP) is 3.10. The zero-order chi connectivity index (χ0) is 15.9. The van der Waals surface area contributed by atoms with Crippen molar-refractivity contribution < 1.29 is 14.5 Å². The first kappa shape index (κ1) is 15.9. The van der Waals surface area contributed by atoms with E-state index in [4.69, 9.17) is 4.74 Å². The van der Waals surface area contributed by atoms with Crippen LogP contribution in [0.15, 0.2) is 35.8 Å². The molecular weight excluding hydrogens is 306 g/mol. The summed E-state index contributed by atoms with van der Waals surface area (Å²) in [5.41, 5.74) is -0.0669. The van der Waals surface area contributed by atoms with Crippen LogP contribution < -0.4 is 5.32 Å². The van der Waals surface area contributed by atoms with Gasteiger partial charge in [0.1, 0.15) is 23.5 Å². The summed E-state index contributed by atoms with van der Waals surface area (Å²) in [6.07, 6.45) is 1.91. The Kier molecular flexibility index (Phi) is 5.42. The van der Waals surface area contributed by atoms with Crippen molar-refractivity contribution >= 4 is 28.8 Å². The molecule has 1 unspecified atom stereocenters. The van der Waals surface area contributed by atoms with Crippen LogP contribution in [0.2, 0.25) is 0 Å². The van der Waals surface area contributed by atoms with Gasteiger partial charge < -0.3 is 10.1 Å². The summed E-state index contributed by atoms with van der Waals surface area (Å²) in [5, 5.41) is 15.5. The number of thiophene rings is 1. The number of hydrogen-bond acceptors (Lipinski definition) is 7. The van der Waals surface area contributed by atoms with Crippen molar-refractivity contribution in [1.82, 2.24) is 4.98 Å². The van der Waals surface area contributed by atoms with Crippen molar-refractivity contribution in [3.05, 3.63) is 50.8 Å². The van der Waals surface area contributed by atoms with Gasteiger partial charge in [0.05, 0.1) is 11.0 Å². The summed E-state index contributed by atoms with van der Waals surface area (Å²) >= 11 is 1.33. The van der Waals surface area contributed by atoms with Gasteiger partial charge in [-0.3, -0.25) is 10.1 Å². The molecular formula is C14H15N3O4S. The summed E-state index contributed by atoms with van der Waals surface area (Å²) in [6, 6.07) is 6.29. The van der Waals surface area contributed by atoms with Crippen LogP contribution in [-0.2, 0) is 4.74 Å². The minimum absolute atomic E-state index is 0.0669. The van der Waals surface area contributed by atoms with Crippen molar-refractivity contribution in [2.24, 2.45) is 0 Å². The van der Waals surface area contributed by atoms with Crippen LogP contribution >= 0.6 is 11.3 Å². The smallest absolute Gasteiger partial charge is 0.348 e. The SMILES string of the molecule is CCC(COC(=O)c1cccs1)Nc1ccc([N+](=O)[O-])cn1. The summed E-state index contributed by atoms with van der Waals surface area (Å²) in [7, 11) is 0. The molecule has 0 amide bonds. The molecule has 0 aromatic carbocycles. The second-order valence-electron chi connectivity index (χ2n) is 4.48. The first-order chi connectivity index (χ1) is 10.6. The number of nitrogens with zero attached hydrogens (tertiary/aromatic N) is 2. The molecule has 0 saturated carbocycles. The Hall–Kier alpha value is -2.48. The summed E-state index contributed by atoms with van der Waals surface area (Å²) in [4.78, 5) is 26.4. The maximum atomic E-state index is 11.8. The molecule has 0 aliphatic heterocycles. The Bertz CT molecular complexity index is 628. The van der Waals surface area contributed by atoms with Gasteiger partial charge in [-0.1, -0.05) is 13.0 Å². The minimum Gasteiger partial charge on any atom is -0.459 e. The fraction of sp³-hybridized carbons (Fsp3) is 0.286. The van der Waals surface area contributed by atoms with Crippen LogP contribution in [0.1, 0.15) is 23.0 Å². The van der Waals surface area contributed by atoms with Crippen LogP contribution in [0.5, 0.6) is 0 Å². The molecule has 1 N–H and O–H groups in total. The normalized spacial score (nSPS) is 11.7. The van der Waals surface area contributed by atoms with E-state index < -0.39 is 4.92 Å². The average molecular weight is 321 g/mol. The molecule has 0 saturated heterocycles. The highest BCUT2D eigenvalue weighted by atomic mass is 32.1. The average Bonchev–Trinajstić information content (AvgIpc) is 3.06. The van der Waals surface area contributed by atoms with Crippen molar-refractivity contribution in [3.8, 4) is 0 Å². The lowest BCUT2D eigenvalue weighted by Crippen LogP contribution is -2.26. The molecule has 2 aromatic rings. The number of ether oxygens (including phenoxy) is 1. The molecule has 8 heteroatoms. The third-order valence-electron chi connectivity index (χ3n) is 2.94. The molecule has 0 aliphatic rings. The van der Waals surface area contributed by atoms with E-state index in [1.807, 2.05) is 12.3 Å². The summed E-state index contributed by atoms with van der Waals surface area (Å²) in [5.74, 6) is 0.150. The first-order valence-corrected chi connectivity index (χ1v) is 7.55. The third-order valence-corrected chi connectivity index (χ3v) is 3.79. The van der Waals surface area contributed by atoms with Crippen molar-refractivity contribution in [1.29, 1.82) is 0 Å². The lowest BCUT2D eigenvalue weighted by atomic mass is 10.2. The number of nitrogens with one attached hydrogen (secondary N) is 1. The Labute approximate surface area is 131 Å². The van der Waals surface area contributed by atoms with Gasteiger partial charge in [0.15, 0.2) is 0 Å². The maximum absolute atomic E-state index is 11.8. The standard InChI is InChI=1S/C14H15N3O4S/c1-2-10(9-21-14(18)12-4-3-7-22-12)16-13-6-5-11(8-15-13)17(19)20/h3-8,10H,2,9H2,1H3,(H,15,16). The number of carbonyl (C=O) groups is 1. The number of esters is 1. The molecule has 1 atom stereocenters. The molecule has 0 spiro atoms. The second-order valence-corrected chi connectivity index (χ2v) is 5.43. The van der Waals surface area contributed by atoms with Gasteiger partial charge in [-0.25, -0.2) is 9.78 Å². The Morgan fingerprint density at radius 3 is 2.86 bits per heavy atom. The Morgan fingerprint density at radius 2 is 2.32 bits per heavy atom. The topological polar surface area (TPSA) is 94.4 Å². The van der Waals surface area contributed by atoms with Gasteiger partial charge in [-0.15, -0.1) is 11.3 Å². The Balaban J connectivity index is 1.89. The molecule has 0 radical (unpaired) electrons. The van der Waals surface area contributed by atoms with Crippen LogP contribution in [0.4, 0.5) is 11.5 Å². The molecule has 22 heavy (non-hydrogen) atoms. The van der Waals surface area contributed by atoms with Crippen molar-refractivity contribution in [2.75, 3.05) is 11.9 Å². The summed E-state index contributed by atoms with van der Waals surface area (Å²) < 4.78 is 5.25. The van der Waals surface area contributed by atoms with E-state index in [1.54, 1.807) is 12.1 Å². The van der Waals surface area contributed by atoms with E-state index in [0.29, 0.717) is 10.7 Å².